The molecule has 1 aliphatic heterocycles. The fourth-order valence-corrected chi connectivity index (χ4v) is 4.42. The second kappa shape index (κ2) is 9.67. The van der Waals surface area contributed by atoms with Crippen LogP contribution < -0.4 is 4.74 Å². The Bertz CT molecular complexity index is 687. The molecule has 1 amide bonds. The highest BCUT2D eigenvalue weighted by Crippen LogP contribution is 2.38. The predicted octanol–water partition coefficient (Wildman–Crippen LogP) is 5.42. The molecule has 1 saturated heterocycles. The second-order valence-electron chi connectivity index (χ2n) is 6.61. The number of ether oxygens (including phenoxy) is 1. The van der Waals surface area contributed by atoms with Crippen LogP contribution in [0.3, 0.4) is 0 Å². The van der Waals surface area contributed by atoms with Crippen LogP contribution in [0.25, 0.3) is 0 Å². The van der Waals surface area contributed by atoms with Crippen molar-refractivity contribution in [1.29, 1.82) is 0 Å². The van der Waals surface area contributed by atoms with Gasteiger partial charge >= 0.3 is 0 Å². The number of amides is 1. The summed E-state index contributed by atoms with van der Waals surface area (Å²) in [6, 6.07) is 18.4. The van der Waals surface area contributed by atoms with Crippen molar-refractivity contribution in [2.75, 3.05) is 12.3 Å². The van der Waals surface area contributed by atoms with E-state index in [0.29, 0.717) is 13.0 Å². The van der Waals surface area contributed by atoms with Crippen molar-refractivity contribution in [1.82, 2.24) is 4.90 Å². The van der Waals surface area contributed by atoms with E-state index in [1.807, 2.05) is 47.0 Å². The third-order valence-corrected chi connectivity index (χ3v) is 5.88. The molecule has 0 aromatic heterocycles. The number of hydrogen-bond donors (Lipinski definition) is 0. The van der Waals surface area contributed by atoms with Gasteiger partial charge in [-0.1, -0.05) is 62.2 Å². The van der Waals surface area contributed by atoms with Crippen molar-refractivity contribution in [2.24, 2.45) is 0 Å². The summed E-state index contributed by atoms with van der Waals surface area (Å²) in [7, 11) is 0. The highest BCUT2D eigenvalue weighted by Gasteiger charge is 2.30. The average Bonchev–Trinajstić information content (AvgIpc) is 3.18. The van der Waals surface area contributed by atoms with Crippen molar-refractivity contribution in [3.8, 4) is 5.75 Å². The minimum absolute atomic E-state index is 0.146. The monoisotopic (exact) mass is 369 g/mol. The smallest absolute Gasteiger partial charge is 0.223 e. The van der Waals surface area contributed by atoms with E-state index < -0.39 is 0 Å². The number of hydrogen-bond acceptors (Lipinski definition) is 3. The van der Waals surface area contributed by atoms with Crippen molar-refractivity contribution >= 4 is 17.7 Å². The third kappa shape index (κ3) is 5.04. The first-order valence-corrected chi connectivity index (χ1v) is 10.5. The Hall–Kier alpha value is -1.94. The first-order valence-electron chi connectivity index (χ1n) is 9.45. The molecule has 3 nitrogen and oxygen atoms in total. The first kappa shape index (κ1) is 18.8. The molecule has 0 spiro atoms. The van der Waals surface area contributed by atoms with Gasteiger partial charge in [-0.25, -0.2) is 0 Å². The molecule has 1 fully saturated rings. The maximum Gasteiger partial charge on any atom is 0.223 e. The minimum Gasteiger partial charge on any atom is -0.489 e. The summed E-state index contributed by atoms with van der Waals surface area (Å²) >= 11 is 1.85. The zero-order valence-electron chi connectivity index (χ0n) is 15.4. The highest BCUT2D eigenvalue weighted by atomic mass is 32.2. The summed E-state index contributed by atoms with van der Waals surface area (Å²) in [6.07, 6.45) is 3.94. The number of rotatable bonds is 8. The quantitative estimate of drug-likeness (QED) is 0.582. The topological polar surface area (TPSA) is 29.5 Å². The Morgan fingerprint density at radius 2 is 1.88 bits per heavy atom. The van der Waals surface area contributed by atoms with Gasteiger partial charge < -0.3 is 9.64 Å². The number of carbonyl (C=O) groups excluding carboxylic acids is 1. The third-order valence-electron chi connectivity index (χ3n) is 4.62. The minimum atomic E-state index is 0.146. The van der Waals surface area contributed by atoms with Crippen molar-refractivity contribution < 1.29 is 9.53 Å². The van der Waals surface area contributed by atoms with Crippen LogP contribution in [0.15, 0.2) is 54.6 Å². The van der Waals surface area contributed by atoms with Crippen LogP contribution in [0.4, 0.5) is 0 Å². The Kier molecular flexibility index (Phi) is 7.01. The van der Waals surface area contributed by atoms with Crippen LogP contribution in [0.5, 0.6) is 5.75 Å². The molecule has 0 radical (unpaired) electrons. The molecule has 4 heteroatoms. The highest BCUT2D eigenvalue weighted by molar-refractivity contribution is 7.99. The second-order valence-corrected chi connectivity index (χ2v) is 7.80. The van der Waals surface area contributed by atoms with Gasteiger partial charge in [0, 0.05) is 18.7 Å². The van der Waals surface area contributed by atoms with Gasteiger partial charge in [0.15, 0.2) is 0 Å². The normalized spacial score (nSPS) is 16.7. The van der Waals surface area contributed by atoms with Gasteiger partial charge in [0.1, 0.15) is 17.7 Å². The Balaban J connectivity index is 1.57. The van der Waals surface area contributed by atoms with Crippen LogP contribution >= 0.6 is 11.8 Å². The summed E-state index contributed by atoms with van der Waals surface area (Å²) in [5, 5.41) is 0.146. The molecule has 0 aliphatic carbocycles. The molecule has 138 valence electrons. The average molecular weight is 370 g/mol. The van der Waals surface area contributed by atoms with E-state index in [1.165, 1.54) is 5.56 Å². The van der Waals surface area contributed by atoms with Gasteiger partial charge in [0.2, 0.25) is 5.91 Å². The molecular weight excluding hydrogens is 342 g/mol. The van der Waals surface area contributed by atoms with Gasteiger partial charge in [-0.05, 0) is 29.7 Å². The molecule has 1 heterocycles. The van der Waals surface area contributed by atoms with Gasteiger partial charge in [0.25, 0.3) is 0 Å². The molecular formula is C22H27NO2S. The van der Waals surface area contributed by atoms with Crippen molar-refractivity contribution in [3.63, 3.8) is 0 Å². The Labute approximate surface area is 160 Å². The van der Waals surface area contributed by atoms with E-state index in [1.54, 1.807) is 0 Å². The molecule has 0 unspecified atom stereocenters. The SMILES string of the molecule is CCCCCC(=O)N1CCS[C@H]1c1ccc(OCc2ccccc2)cc1. The van der Waals surface area contributed by atoms with Gasteiger partial charge in [-0.3, -0.25) is 4.79 Å². The van der Waals surface area contributed by atoms with E-state index in [-0.39, 0.29) is 11.3 Å². The fraction of sp³-hybridized carbons (Fsp3) is 0.409. The van der Waals surface area contributed by atoms with Crippen LogP contribution in [0.2, 0.25) is 0 Å². The largest absolute Gasteiger partial charge is 0.489 e. The first-order chi connectivity index (χ1) is 12.8. The number of carbonyl (C=O) groups is 1. The van der Waals surface area contributed by atoms with E-state index in [4.69, 9.17) is 4.74 Å². The zero-order chi connectivity index (χ0) is 18.2. The molecule has 0 bridgehead atoms. The molecule has 0 N–H and O–H groups in total. The number of thioether (sulfide) groups is 1. The van der Waals surface area contributed by atoms with E-state index >= 15 is 0 Å². The van der Waals surface area contributed by atoms with Crippen molar-refractivity contribution in [2.45, 2.75) is 44.6 Å². The maximum absolute atomic E-state index is 12.5. The van der Waals surface area contributed by atoms with Gasteiger partial charge in [-0.2, -0.15) is 0 Å². The summed E-state index contributed by atoms with van der Waals surface area (Å²) in [4.78, 5) is 14.6. The summed E-state index contributed by atoms with van der Waals surface area (Å²) in [5.41, 5.74) is 2.34. The Morgan fingerprint density at radius 3 is 2.62 bits per heavy atom. The molecule has 26 heavy (non-hydrogen) atoms. The van der Waals surface area contributed by atoms with Gasteiger partial charge in [-0.15, -0.1) is 11.8 Å². The van der Waals surface area contributed by atoms with Crippen LogP contribution in [0, 0.1) is 0 Å². The molecule has 2 aromatic rings. The van der Waals surface area contributed by atoms with E-state index in [9.17, 15) is 4.79 Å². The molecule has 3 rings (SSSR count). The molecule has 1 aliphatic rings. The summed E-state index contributed by atoms with van der Waals surface area (Å²) in [5.74, 6) is 2.16. The van der Waals surface area contributed by atoms with Crippen LogP contribution in [0.1, 0.15) is 49.1 Å². The number of benzene rings is 2. The fourth-order valence-electron chi connectivity index (χ4n) is 3.14. The molecule has 2 aromatic carbocycles. The molecule has 1 atom stereocenters. The maximum atomic E-state index is 12.5. The molecule has 0 saturated carbocycles. The summed E-state index contributed by atoms with van der Waals surface area (Å²) < 4.78 is 5.86. The zero-order valence-corrected chi connectivity index (χ0v) is 16.2. The lowest BCUT2D eigenvalue weighted by Crippen LogP contribution is -2.30. The number of unbranched alkanes of at least 4 members (excludes halogenated alkanes) is 2. The van der Waals surface area contributed by atoms with Crippen molar-refractivity contribution in [3.05, 3.63) is 65.7 Å². The predicted molar refractivity (Wildman–Crippen MR) is 108 cm³/mol. The lowest BCUT2D eigenvalue weighted by atomic mass is 10.1. The van der Waals surface area contributed by atoms with Crippen LogP contribution in [-0.2, 0) is 11.4 Å². The van der Waals surface area contributed by atoms with E-state index in [2.05, 4.69) is 31.2 Å². The Morgan fingerprint density at radius 1 is 1.12 bits per heavy atom. The lowest BCUT2D eigenvalue weighted by Gasteiger charge is -2.24. The summed E-state index contributed by atoms with van der Waals surface area (Å²) in [6.45, 7) is 3.59. The standard InChI is InChI=1S/C22H27NO2S/c1-2-3-5-10-21(24)23-15-16-26-22(23)19-11-13-20(14-12-19)25-17-18-8-6-4-7-9-18/h4,6-9,11-14,22H,2-3,5,10,15-17H2,1H3/t22-/m0/s1. The van der Waals surface area contributed by atoms with Gasteiger partial charge in [0.05, 0.1) is 0 Å². The lowest BCUT2D eigenvalue weighted by molar-refractivity contribution is -0.131. The number of nitrogens with zero attached hydrogens (tertiary/aromatic N) is 1. The van der Waals surface area contributed by atoms with E-state index in [0.717, 1.165) is 42.9 Å². The van der Waals surface area contributed by atoms with Crippen LogP contribution in [-0.4, -0.2) is 23.1 Å².